The molecule has 1 aliphatic rings. The Balaban J connectivity index is 2.70. The van der Waals surface area contributed by atoms with E-state index in [1.165, 1.54) is 6.07 Å². The number of phenols is 1. The van der Waals surface area contributed by atoms with E-state index in [0.29, 0.717) is 5.56 Å². The minimum atomic E-state index is -1.09. The van der Waals surface area contributed by atoms with Crippen molar-refractivity contribution in [2.75, 3.05) is 0 Å². The number of hydrogen-bond donors (Lipinski definition) is 2. The normalized spacial score (nSPS) is 16.8. The molecule has 0 bridgehead atoms. The van der Waals surface area contributed by atoms with Crippen LogP contribution in [0.4, 0.5) is 0 Å². The lowest BCUT2D eigenvalue weighted by Gasteiger charge is -2.26. The third kappa shape index (κ3) is 1.80. The van der Waals surface area contributed by atoms with Gasteiger partial charge in [0.05, 0.1) is 23.6 Å². The van der Waals surface area contributed by atoms with Crippen molar-refractivity contribution in [1.29, 1.82) is 15.8 Å². The molecule has 6 nitrogen and oxygen atoms in total. The second-order valence-electron chi connectivity index (χ2n) is 3.90. The van der Waals surface area contributed by atoms with Crippen LogP contribution in [0.5, 0.6) is 11.5 Å². The zero-order valence-electron chi connectivity index (χ0n) is 9.66. The van der Waals surface area contributed by atoms with E-state index >= 15 is 0 Å². The molecule has 1 aromatic rings. The number of allylic oxidation sites excluding steroid dienone is 1. The van der Waals surface area contributed by atoms with Crippen LogP contribution in [0.2, 0.25) is 0 Å². The molecule has 0 spiro atoms. The number of nitriles is 3. The topological polar surface area (TPSA) is 127 Å². The standard InChI is InChI=1S/C13H8N4O2/c14-4-7(5-15)11-8-2-1-3-10(18)12(8)19-13(17)9(11)6-16/h1-3,7,11,18H,17H2/t11-/m0/s1. The Bertz CT molecular complexity index is 674. The summed E-state index contributed by atoms with van der Waals surface area (Å²) in [6.07, 6.45) is 0. The molecule has 0 aromatic heterocycles. The molecule has 0 saturated carbocycles. The van der Waals surface area contributed by atoms with Crippen LogP contribution in [0.1, 0.15) is 11.5 Å². The lowest BCUT2D eigenvalue weighted by Crippen LogP contribution is -2.24. The Morgan fingerprint density at radius 2 is 1.95 bits per heavy atom. The van der Waals surface area contributed by atoms with Crippen LogP contribution in [0.3, 0.4) is 0 Å². The summed E-state index contributed by atoms with van der Waals surface area (Å²) in [5.74, 6) is -2.18. The van der Waals surface area contributed by atoms with E-state index in [1.807, 2.05) is 18.2 Å². The smallest absolute Gasteiger partial charge is 0.205 e. The summed E-state index contributed by atoms with van der Waals surface area (Å²) in [4.78, 5) is 0. The van der Waals surface area contributed by atoms with Crippen LogP contribution < -0.4 is 10.5 Å². The van der Waals surface area contributed by atoms with E-state index in [4.69, 9.17) is 26.3 Å². The van der Waals surface area contributed by atoms with Crippen LogP contribution >= 0.6 is 0 Å². The monoisotopic (exact) mass is 252 g/mol. The van der Waals surface area contributed by atoms with E-state index < -0.39 is 11.8 Å². The first-order chi connectivity index (χ1) is 9.13. The van der Waals surface area contributed by atoms with Gasteiger partial charge in [0.1, 0.15) is 12.0 Å². The molecule has 0 unspecified atom stereocenters. The van der Waals surface area contributed by atoms with Crippen LogP contribution in [-0.4, -0.2) is 5.11 Å². The third-order valence-electron chi connectivity index (χ3n) is 2.88. The number of ether oxygens (including phenoxy) is 1. The molecule has 19 heavy (non-hydrogen) atoms. The summed E-state index contributed by atoms with van der Waals surface area (Å²) in [5.41, 5.74) is 6.04. The number of nitrogens with zero attached hydrogens (tertiary/aromatic N) is 3. The van der Waals surface area contributed by atoms with Gasteiger partial charge < -0.3 is 15.6 Å². The Morgan fingerprint density at radius 3 is 2.53 bits per heavy atom. The zero-order valence-corrected chi connectivity index (χ0v) is 9.66. The molecule has 1 aliphatic heterocycles. The Morgan fingerprint density at radius 1 is 1.26 bits per heavy atom. The largest absolute Gasteiger partial charge is 0.504 e. The van der Waals surface area contributed by atoms with Crippen molar-refractivity contribution < 1.29 is 9.84 Å². The van der Waals surface area contributed by atoms with Crippen LogP contribution in [-0.2, 0) is 0 Å². The average Bonchev–Trinajstić information content (AvgIpc) is 2.41. The van der Waals surface area contributed by atoms with Gasteiger partial charge >= 0.3 is 0 Å². The van der Waals surface area contributed by atoms with Crippen molar-refractivity contribution in [2.24, 2.45) is 11.7 Å². The first-order valence-corrected chi connectivity index (χ1v) is 5.32. The fourth-order valence-electron chi connectivity index (χ4n) is 2.02. The number of rotatable bonds is 1. The van der Waals surface area contributed by atoms with Gasteiger partial charge in [0.15, 0.2) is 11.5 Å². The fourth-order valence-corrected chi connectivity index (χ4v) is 2.02. The average molecular weight is 252 g/mol. The second kappa shape index (κ2) is 4.60. The number of aromatic hydroxyl groups is 1. The highest BCUT2D eigenvalue weighted by Crippen LogP contribution is 2.45. The van der Waals surface area contributed by atoms with Crippen molar-refractivity contribution in [2.45, 2.75) is 5.92 Å². The summed E-state index contributed by atoms with van der Waals surface area (Å²) in [7, 11) is 0. The number of fused-ring (bicyclic) bond motifs is 1. The summed E-state index contributed by atoms with van der Waals surface area (Å²) >= 11 is 0. The number of para-hydroxylation sites is 1. The van der Waals surface area contributed by atoms with E-state index in [2.05, 4.69) is 0 Å². The second-order valence-corrected chi connectivity index (χ2v) is 3.90. The first kappa shape index (κ1) is 12.3. The molecule has 0 fully saturated rings. The molecule has 1 heterocycles. The lowest BCUT2D eigenvalue weighted by molar-refractivity contribution is 0.351. The molecule has 0 saturated heterocycles. The number of nitrogens with two attached hydrogens (primary N) is 1. The minimum Gasteiger partial charge on any atom is -0.504 e. The van der Waals surface area contributed by atoms with E-state index in [0.717, 1.165) is 0 Å². The number of benzene rings is 1. The molecule has 3 N–H and O–H groups in total. The predicted molar refractivity (Wildman–Crippen MR) is 63.0 cm³/mol. The predicted octanol–water partition coefficient (Wildman–Crippen LogP) is 1.23. The zero-order chi connectivity index (χ0) is 14.0. The molecule has 0 radical (unpaired) electrons. The van der Waals surface area contributed by atoms with Gasteiger partial charge in [0.25, 0.3) is 0 Å². The van der Waals surface area contributed by atoms with Gasteiger partial charge in [-0.15, -0.1) is 0 Å². The number of phenolic OH excluding ortho intramolecular Hbond substituents is 1. The molecular formula is C13H8N4O2. The fraction of sp³-hybridized carbons (Fsp3) is 0.154. The highest BCUT2D eigenvalue weighted by atomic mass is 16.5. The Labute approximate surface area is 109 Å². The molecule has 0 aliphatic carbocycles. The van der Waals surface area contributed by atoms with Crippen LogP contribution in [0.25, 0.3) is 0 Å². The molecular weight excluding hydrogens is 244 g/mol. The molecule has 92 valence electrons. The first-order valence-electron chi connectivity index (χ1n) is 5.32. The minimum absolute atomic E-state index is 0.0196. The van der Waals surface area contributed by atoms with Crippen molar-refractivity contribution in [3.63, 3.8) is 0 Å². The third-order valence-corrected chi connectivity index (χ3v) is 2.88. The van der Waals surface area contributed by atoms with Gasteiger partial charge in [-0.25, -0.2) is 0 Å². The van der Waals surface area contributed by atoms with Crippen molar-refractivity contribution in [3.05, 3.63) is 35.2 Å². The number of hydrogen-bond acceptors (Lipinski definition) is 6. The lowest BCUT2D eigenvalue weighted by atomic mass is 9.80. The van der Waals surface area contributed by atoms with Crippen molar-refractivity contribution in [1.82, 2.24) is 0 Å². The van der Waals surface area contributed by atoms with Gasteiger partial charge in [0.2, 0.25) is 5.88 Å². The van der Waals surface area contributed by atoms with E-state index in [1.54, 1.807) is 12.1 Å². The highest BCUT2D eigenvalue weighted by Gasteiger charge is 2.36. The van der Waals surface area contributed by atoms with Gasteiger partial charge in [-0.05, 0) is 6.07 Å². The molecule has 1 aromatic carbocycles. The van der Waals surface area contributed by atoms with Gasteiger partial charge in [-0.3, -0.25) is 0 Å². The van der Waals surface area contributed by atoms with Crippen LogP contribution in [0.15, 0.2) is 29.7 Å². The maximum atomic E-state index is 9.73. The van der Waals surface area contributed by atoms with Crippen molar-refractivity contribution in [3.8, 4) is 29.7 Å². The highest BCUT2D eigenvalue weighted by molar-refractivity contribution is 5.57. The Hall–Kier alpha value is -3.17. The van der Waals surface area contributed by atoms with E-state index in [9.17, 15) is 5.11 Å². The quantitative estimate of drug-likeness (QED) is 0.773. The van der Waals surface area contributed by atoms with Gasteiger partial charge in [0, 0.05) is 5.56 Å². The molecule has 1 atom stereocenters. The van der Waals surface area contributed by atoms with Crippen LogP contribution in [0, 0.1) is 39.9 Å². The maximum Gasteiger partial charge on any atom is 0.205 e. The molecule has 2 rings (SSSR count). The molecule has 0 amide bonds. The summed E-state index contributed by atoms with van der Waals surface area (Å²) in [6, 6.07) is 10.0. The van der Waals surface area contributed by atoms with Gasteiger partial charge in [-0.1, -0.05) is 12.1 Å². The maximum absolute atomic E-state index is 9.73. The van der Waals surface area contributed by atoms with Gasteiger partial charge in [-0.2, -0.15) is 15.8 Å². The Kier molecular flexibility index (Phi) is 2.98. The molecule has 6 heteroatoms. The van der Waals surface area contributed by atoms with E-state index in [-0.39, 0.29) is 23.0 Å². The summed E-state index contributed by atoms with van der Waals surface area (Å²) in [6.45, 7) is 0. The summed E-state index contributed by atoms with van der Waals surface area (Å²) < 4.78 is 5.20. The summed E-state index contributed by atoms with van der Waals surface area (Å²) in [5, 5.41) is 36.9. The SMILES string of the molecule is N#CC1=C(N)Oc2c(O)cccc2[C@@H]1C(C#N)C#N. The van der Waals surface area contributed by atoms with Crippen molar-refractivity contribution >= 4 is 0 Å².